The molecule has 1 heterocycles. The monoisotopic (exact) mass is 354 g/mol. The third-order valence-electron chi connectivity index (χ3n) is 5.05. The number of rotatable bonds is 5. The second kappa shape index (κ2) is 7.00. The molecule has 1 aromatic heterocycles. The average molecular weight is 354 g/mol. The molecule has 5 heteroatoms. The third-order valence-corrected chi connectivity index (χ3v) is 5.05. The zero-order valence-electron chi connectivity index (χ0n) is 14.7. The van der Waals surface area contributed by atoms with Crippen LogP contribution in [-0.4, -0.2) is 15.8 Å². The number of carbonyl (C=O) groups is 1. The summed E-state index contributed by atoms with van der Waals surface area (Å²) in [6.07, 6.45) is 6.29. The molecule has 1 aliphatic rings. The van der Waals surface area contributed by atoms with Gasteiger partial charge < -0.3 is 5.32 Å². The van der Waals surface area contributed by atoms with E-state index in [-0.39, 0.29) is 11.3 Å². The van der Waals surface area contributed by atoms with E-state index >= 15 is 0 Å². The largest absolute Gasteiger partial charge is 0.345 e. The Bertz CT molecular complexity index is 1000. The lowest BCUT2D eigenvalue weighted by atomic mass is 9.72. The average Bonchev–Trinajstić information content (AvgIpc) is 2.71. The van der Waals surface area contributed by atoms with E-state index in [0.717, 1.165) is 19.3 Å². The van der Waals surface area contributed by atoms with Crippen molar-refractivity contribution in [2.24, 2.45) is 0 Å². The lowest BCUT2D eigenvalue weighted by Crippen LogP contribution is -2.42. The minimum Gasteiger partial charge on any atom is -0.345 e. The maximum atomic E-state index is 12.6. The Hall–Kier alpha value is -3.52. The molecule has 5 nitrogen and oxygen atoms in total. The van der Waals surface area contributed by atoms with Crippen molar-refractivity contribution in [1.82, 2.24) is 9.97 Å². The number of carbonyl (C=O) groups excluding carboxylic acids is 1. The minimum atomic E-state index is -0.194. The Balaban J connectivity index is 1.54. The molecular formula is C22H18N4O. The zero-order valence-corrected chi connectivity index (χ0v) is 14.7. The fraction of sp³-hybridized carbons (Fsp3) is 0.182. The molecule has 0 amide bonds. The van der Waals surface area contributed by atoms with Crippen LogP contribution < -0.4 is 5.32 Å². The highest BCUT2D eigenvalue weighted by atomic mass is 16.1. The predicted octanol–water partition coefficient (Wildman–Crippen LogP) is 4.07. The molecule has 2 aromatic carbocycles. The first-order valence-electron chi connectivity index (χ1n) is 8.91. The van der Waals surface area contributed by atoms with Crippen LogP contribution in [0.15, 0.2) is 67.0 Å². The number of hydrogen-bond acceptors (Lipinski definition) is 5. The van der Waals surface area contributed by atoms with Gasteiger partial charge in [0.2, 0.25) is 5.95 Å². The number of nitriles is 1. The number of aromatic nitrogens is 2. The molecule has 0 radical (unpaired) electrons. The smallest absolute Gasteiger partial charge is 0.223 e. The van der Waals surface area contributed by atoms with Crippen molar-refractivity contribution in [2.75, 3.05) is 5.32 Å². The van der Waals surface area contributed by atoms with Crippen molar-refractivity contribution in [3.05, 3.63) is 89.2 Å². The van der Waals surface area contributed by atoms with E-state index in [1.165, 1.54) is 18.0 Å². The quantitative estimate of drug-likeness (QED) is 0.699. The molecule has 4 rings (SSSR count). The van der Waals surface area contributed by atoms with Gasteiger partial charge in [-0.25, -0.2) is 9.97 Å². The summed E-state index contributed by atoms with van der Waals surface area (Å²) in [4.78, 5) is 21.3. The lowest BCUT2D eigenvalue weighted by Gasteiger charge is -2.43. The van der Waals surface area contributed by atoms with Gasteiger partial charge in [0.15, 0.2) is 5.78 Å². The standard InChI is InChI=1S/C22H18N4O/c23-13-16-6-4-7-17(12-16)20(27)18-14-24-21(25-15-18)26-22(10-5-11-22)19-8-2-1-3-9-19/h1-4,6-9,12,14-15H,5,10-11H2,(H,24,25,26). The Kier molecular flexibility index (Phi) is 4.39. The van der Waals surface area contributed by atoms with E-state index in [1.807, 2.05) is 24.3 Å². The van der Waals surface area contributed by atoms with Crippen molar-refractivity contribution >= 4 is 11.7 Å². The Morgan fingerprint density at radius 3 is 2.37 bits per heavy atom. The van der Waals surface area contributed by atoms with Gasteiger partial charge in [0.05, 0.1) is 22.7 Å². The fourth-order valence-electron chi connectivity index (χ4n) is 3.39. The van der Waals surface area contributed by atoms with E-state index in [2.05, 4.69) is 27.4 Å². The fourth-order valence-corrected chi connectivity index (χ4v) is 3.39. The minimum absolute atomic E-state index is 0.131. The van der Waals surface area contributed by atoms with E-state index < -0.39 is 0 Å². The molecule has 0 bridgehead atoms. The first-order valence-corrected chi connectivity index (χ1v) is 8.91. The number of nitrogens with zero attached hydrogens (tertiary/aromatic N) is 3. The molecule has 1 aliphatic carbocycles. The number of hydrogen-bond donors (Lipinski definition) is 1. The summed E-state index contributed by atoms with van der Waals surface area (Å²) < 4.78 is 0. The van der Waals surface area contributed by atoms with Crippen LogP contribution >= 0.6 is 0 Å². The van der Waals surface area contributed by atoms with Crippen molar-refractivity contribution < 1.29 is 4.79 Å². The van der Waals surface area contributed by atoms with Crippen LogP contribution in [0, 0.1) is 11.3 Å². The first kappa shape index (κ1) is 16.9. The van der Waals surface area contributed by atoms with Crippen LogP contribution in [0.1, 0.15) is 46.3 Å². The lowest BCUT2D eigenvalue weighted by molar-refractivity contribution is 0.103. The number of anilines is 1. The van der Waals surface area contributed by atoms with Crippen molar-refractivity contribution in [3.63, 3.8) is 0 Å². The van der Waals surface area contributed by atoms with Gasteiger partial charge in [-0.3, -0.25) is 4.79 Å². The second-order valence-electron chi connectivity index (χ2n) is 6.74. The van der Waals surface area contributed by atoms with Crippen LogP contribution in [0.2, 0.25) is 0 Å². The van der Waals surface area contributed by atoms with Gasteiger partial charge in [0.25, 0.3) is 0 Å². The second-order valence-corrected chi connectivity index (χ2v) is 6.74. The number of ketones is 1. The van der Waals surface area contributed by atoms with Crippen molar-refractivity contribution in [1.29, 1.82) is 5.26 Å². The molecule has 0 saturated heterocycles. The summed E-state index contributed by atoms with van der Waals surface area (Å²) in [5.41, 5.74) is 2.41. The Labute approximate surface area is 157 Å². The van der Waals surface area contributed by atoms with Gasteiger partial charge in [0.1, 0.15) is 0 Å². The van der Waals surface area contributed by atoms with Crippen LogP contribution in [0.25, 0.3) is 0 Å². The van der Waals surface area contributed by atoms with Gasteiger partial charge in [0, 0.05) is 18.0 Å². The Morgan fingerprint density at radius 1 is 1.00 bits per heavy atom. The summed E-state index contributed by atoms with van der Waals surface area (Å²) in [7, 11) is 0. The summed E-state index contributed by atoms with van der Waals surface area (Å²) in [6.45, 7) is 0. The molecule has 0 unspecified atom stereocenters. The van der Waals surface area contributed by atoms with Crippen molar-refractivity contribution in [3.8, 4) is 6.07 Å². The van der Waals surface area contributed by atoms with Crippen molar-refractivity contribution in [2.45, 2.75) is 24.8 Å². The molecule has 0 atom stereocenters. The van der Waals surface area contributed by atoms with Gasteiger partial charge >= 0.3 is 0 Å². The predicted molar refractivity (Wildman–Crippen MR) is 102 cm³/mol. The van der Waals surface area contributed by atoms with E-state index in [1.54, 1.807) is 24.3 Å². The third kappa shape index (κ3) is 3.30. The molecule has 27 heavy (non-hydrogen) atoms. The van der Waals surface area contributed by atoms with Gasteiger partial charge in [-0.05, 0) is 37.0 Å². The summed E-state index contributed by atoms with van der Waals surface area (Å²) in [5.74, 6) is 0.320. The van der Waals surface area contributed by atoms with Gasteiger partial charge in [-0.15, -0.1) is 0 Å². The molecule has 0 aliphatic heterocycles. The maximum absolute atomic E-state index is 12.6. The molecule has 1 N–H and O–H groups in total. The van der Waals surface area contributed by atoms with Gasteiger partial charge in [-0.2, -0.15) is 5.26 Å². The topological polar surface area (TPSA) is 78.7 Å². The molecular weight excluding hydrogens is 336 g/mol. The summed E-state index contributed by atoms with van der Waals surface area (Å²) >= 11 is 0. The molecule has 3 aromatic rings. The highest BCUT2D eigenvalue weighted by molar-refractivity contribution is 6.08. The Morgan fingerprint density at radius 2 is 1.74 bits per heavy atom. The molecule has 0 spiro atoms. The van der Waals surface area contributed by atoms with E-state index in [0.29, 0.717) is 22.6 Å². The highest BCUT2D eigenvalue weighted by Crippen LogP contribution is 2.43. The normalized spacial score (nSPS) is 14.6. The van der Waals surface area contributed by atoms with Crippen LogP contribution in [0.4, 0.5) is 5.95 Å². The summed E-state index contributed by atoms with van der Waals surface area (Å²) in [5, 5.41) is 12.4. The van der Waals surface area contributed by atoms with E-state index in [4.69, 9.17) is 5.26 Å². The number of nitrogens with one attached hydrogen (secondary N) is 1. The number of benzene rings is 2. The van der Waals surface area contributed by atoms with Crippen LogP contribution in [0.3, 0.4) is 0 Å². The molecule has 1 fully saturated rings. The zero-order chi connectivity index (χ0) is 18.7. The SMILES string of the molecule is N#Cc1cccc(C(=O)c2cnc(NC3(c4ccccc4)CCC3)nc2)c1. The first-order chi connectivity index (χ1) is 13.2. The van der Waals surface area contributed by atoms with Crippen LogP contribution in [0.5, 0.6) is 0 Å². The molecule has 1 saturated carbocycles. The maximum Gasteiger partial charge on any atom is 0.223 e. The van der Waals surface area contributed by atoms with Crippen LogP contribution in [-0.2, 0) is 5.54 Å². The highest BCUT2D eigenvalue weighted by Gasteiger charge is 2.39. The van der Waals surface area contributed by atoms with E-state index in [9.17, 15) is 4.79 Å². The van der Waals surface area contributed by atoms with Gasteiger partial charge in [-0.1, -0.05) is 42.5 Å². The summed E-state index contributed by atoms with van der Waals surface area (Å²) in [6, 6.07) is 19.0. The molecule has 132 valence electrons.